The minimum atomic E-state index is 0.0237. The van der Waals surface area contributed by atoms with Gasteiger partial charge in [0.25, 0.3) is 0 Å². The molecular weight excluding hydrogens is 288 g/mol. The second-order valence-corrected chi connectivity index (χ2v) is 6.71. The lowest BCUT2D eigenvalue weighted by atomic mass is 9.92. The quantitative estimate of drug-likeness (QED) is 0.776. The second kappa shape index (κ2) is 5.61. The first-order valence-corrected chi connectivity index (χ1v) is 7.83. The summed E-state index contributed by atoms with van der Waals surface area (Å²) < 4.78 is 0. The molecule has 0 bridgehead atoms. The van der Waals surface area contributed by atoms with Gasteiger partial charge in [-0.1, -0.05) is 27.7 Å². The molecule has 2 N–H and O–H groups in total. The van der Waals surface area contributed by atoms with E-state index in [0.29, 0.717) is 5.82 Å². The van der Waals surface area contributed by atoms with Crippen LogP contribution < -0.4 is 0 Å². The van der Waals surface area contributed by atoms with E-state index >= 15 is 0 Å². The van der Waals surface area contributed by atoms with Crippen molar-refractivity contribution < 1.29 is 0 Å². The van der Waals surface area contributed by atoms with Gasteiger partial charge >= 0.3 is 0 Å². The third-order valence-corrected chi connectivity index (χ3v) is 3.98. The summed E-state index contributed by atoms with van der Waals surface area (Å²) in [4.78, 5) is 9.01. The van der Waals surface area contributed by atoms with Gasteiger partial charge < -0.3 is 0 Å². The largest absolute Gasteiger partial charge is 0.282 e. The monoisotopic (exact) mass is 310 g/mol. The topological polar surface area (TPSA) is 83.1 Å². The van der Waals surface area contributed by atoms with Gasteiger partial charge in [0.2, 0.25) is 0 Å². The molecule has 3 rings (SSSR count). The van der Waals surface area contributed by atoms with E-state index in [1.54, 1.807) is 6.20 Å². The lowest BCUT2D eigenvalue weighted by Gasteiger charge is -2.14. The first kappa shape index (κ1) is 15.4. The molecule has 0 atom stereocenters. The molecule has 0 saturated heterocycles. The van der Waals surface area contributed by atoms with Crippen LogP contribution in [0.25, 0.3) is 22.9 Å². The molecule has 6 heteroatoms. The lowest BCUT2D eigenvalue weighted by molar-refractivity contribution is 0.567. The molecule has 3 aromatic heterocycles. The molecule has 0 aliphatic rings. The Labute approximate surface area is 135 Å². The van der Waals surface area contributed by atoms with Crippen LogP contribution >= 0.6 is 0 Å². The average Bonchev–Trinajstić information content (AvgIpc) is 3.13. The number of rotatable bonds is 3. The summed E-state index contributed by atoms with van der Waals surface area (Å²) in [6.07, 6.45) is 2.66. The van der Waals surface area contributed by atoms with E-state index in [2.05, 4.69) is 58.1 Å². The summed E-state index contributed by atoms with van der Waals surface area (Å²) in [5.41, 5.74) is 5.73. The van der Waals surface area contributed by atoms with E-state index in [0.717, 1.165) is 40.5 Å². The maximum absolute atomic E-state index is 4.64. The van der Waals surface area contributed by atoms with Gasteiger partial charge in [-0.25, -0.2) is 9.97 Å². The Morgan fingerprint density at radius 2 is 1.87 bits per heavy atom. The van der Waals surface area contributed by atoms with Crippen molar-refractivity contribution in [2.24, 2.45) is 0 Å². The van der Waals surface area contributed by atoms with Crippen LogP contribution in [0.4, 0.5) is 0 Å². The number of nitrogens with one attached hydrogen (secondary N) is 2. The van der Waals surface area contributed by atoms with E-state index in [9.17, 15) is 0 Å². The fourth-order valence-electron chi connectivity index (χ4n) is 2.45. The highest BCUT2D eigenvalue weighted by Gasteiger charge is 2.18. The van der Waals surface area contributed by atoms with Crippen LogP contribution in [0.2, 0.25) is 0 Å². The standard InChI is InChI=1S/C17H22N6/c1-6-11-10(2)15(23-20-11)16-18-8-7-12(19-16)13-9-14(22-21-13)17(3,4)5/h7-9H,6H2,1-5H3,(H,20,23)(H,21,22). The zero-order valence-electron chi connectivity index (χ0n) is 14.2. The van der Waals surface area contributed by atoms with Crippen molar-refractivity contribution in [3.05, 3.63) is 35.3 Å². The molecule has 0 fully saturated rings. The van der Waals surface area contributed by atoms with Gasteiger partial charge in [-0.3, -0.25) is 10.2 Å². The average molecular weight is 310 g/mol. The minimum absolute atomic E-state index is 0.0237. The van der Waals surface area contributed by atoms with Crippen molar-refractivity contribution in [3.8, 4) is 22.9 Å². The maximum Gasteiger partial charge on any atom is 0.180 e. The van der Waals surface area contributed by atoms with Crippen LogP contribution in [-0.2, 0) is 11.8 Å². The molecule has 3 aromatic rings. The number of aromatic nitrogens is 6. The third kappa shape index (κ3) is 2.88. The Balaban J connectivity index is 2.00. The number of hydrogen-bond donors (Lipinski definition) is 2. The first-order valence-electron chi connectivity index (χ1n) is 7.83. The van der Waals surface area contributed by atoms with Crippen LogP contribution in [0.15, 0.2) is 18.3 Å². The Bertz CT molecular complexity index is 822. The van der Waals surface area contributed by atoms with Gasteiger partial charge in [0.15, 0.2) is 5.82 Å². The van der Waals surface area contributed by atoms with E-state index in [-0.39, 0.29) is 5.41 Å². The number of H-pyrrole nitrogens is 2. The summed E-state index contributed by atoms with van der Waals surface area (Å²) in [6, 6.07) is 3.91. The normalized spacial score (nSPS) is 11.9. The summed E-state index contributed by atoms with van der Waals surface area (Å²) in [6.45, 7) is 10.6. The predicted octanol–water partition coefficient (Wildman–Crippen LogP) is 3.43. The molecule has 120 valence electrons. The molecule has 0 unspecified atom stereocenters. The summed E-state index contributed by atoms with van der Waals surface area (Å²) in [7, 11) is 0. The molecule has 0 radical (unpaired) electrons. The van der Waals surface area contributed by atoms with E-state index < -0.39 is 0 Å². The molecule has 0 aliphatic heterocycles. The highest BCUT2D eigenvalue weighted by atomic mass is 15.2. The Morgan fingerprint density at radius 1 is 1.09 bits per heavy atom. The SMILES string of the molecule is CCc1[nH]nc(-c2nccc(-c3cc(C(C)(C)C)[nH]n3)n2)c1C. The number of hydrogen-bond acceptors (Lipinski definition) is 4. The highest BCUT2D eigenvalue weighted by Crippen LogP contribution is 2.26. The van der Waals surface area contributed by atoms with Gasteiger partial charge in [0, 0.05) is 28.6 Å². The predicted molar refractivity (Wildman–Crippen MR) is 90.0 cm³/mol. The third-order valence-electron chi connectivity index (χ3n) is 3.98. The molecule has 0 amide bonds. The number of aryl methyl sites for hydroxylation is 1. The van der Waals surface area contributed by atoms with Crippen molar-refractivity contribution >= 4 is 0 Å². The maximum atomic E-state index is 4.64. The summed E-state index contributed by atoms with van der Waals surface area (Å²) in [5.74, 6) is 0.622. The molecule has 0 spiro atoms. The molecule has 6 nitrogen and oxygen atoms in total. The van der Waals surface area contributed by atoms with E-state index in [1.807, 2.05) is 19.1 Å². The van der Waals surface area contributed by atoms with Crippen molar-refractivity contribution in [1.82, 2.24) is 30.4 Å². The fraction of sp³-hybridized carbons (Fsp3) is 0.412. The van der Waals surface area contributed by atoms with Crippen molar-refractivity contribution in [2.45, 2.75) is 46.5 Å². The van der Waals surface area contributed by atoms with Gasteiger partial charge in [-0.2, -0.15) is 10.2 Å². The first-order chi connectivity index (χ1) is 10.9. The van der Waals surface area contributed by atoms with Crippen molar-refractivity contribution in [3.63, 3.8) is 0 Å². The summed E-state index contributed by atoms with van der Waals surface area (Å²) >= 11 is 0. The van der Waals surface area contributed by atoms with Crippen LogP contribution in [0, 0.1) is 6.92 Å². The van der Waals surface area contributed by atoms with Crippen LogP contribution in [0.3, 0.4) is 0 Å². The van der Waals surface area contributed by atoms with Crippen LogP contribution in [0.5, 0.6) is 0 Å². The van der Waals surface area contributed by atoms with Crippen LogP contribution in [0.1, 0.15) is 44.6 Å². The zero-order valence-corrected chi connectivity index (χ0v) is 14.2. The summed E-state index contributed by atoms with van der Waals surface area (Å²) in [5, 5.41) is 14.9. The number of aromatic amines is 2. The Hall–Kier alpha value is -2.50. The second-order valence-electron chi connectivity index (χ2n) is 6.71. The lowest BCUT2D eigenvalue weighted by Crippen LogP contribution is -2.11. The van der Waals surface area contributed by atoms with Crippen LogP contribution in [-0.4, -0.2) is 30.4 Å². The fourth-order valence-corrected chi connectivity index (χ4v) is 2.45. The van der Waals surface area contributed by atoms with Crippen molar-refractivity contribution in [2.75, 3.05) is 0 Å². The molecule has 23 heavy (non-hydrogen) atoms. The zero-order chi connectivity index (χ0) is 16.6. The van der Waals surface area contributed by atoms with Gasteiger partial charge in [-0.15, -0.1) is 0 Å². The molecule has 0 aliphatic carbocycles. The highest BCUT2D eigenvalue weighted by molar-refractivity contribution is 5.61. The molecule has 3 heterocycles. The molecular formula is C17H22N6. The minimum Gasteiger partial charge on any atom is -0.282 e. The Morgan fingerprint density at radius 3 is 2.48 bits per heavy atom. The number of nitrogens with zero attached hydrogens (tertiary/aromatic N) is 4. The van der Waals surface area contributed by atoms with Crippen molar-refractivity contribution in [1.29, 1.82) is 0 Å². The Kier molecular flexibility index (Phi) is 3.75. The molecule has 0 saturated carbocycles. The van der Waals surface area contributed by atoms with Gasteiger partial charge in [0.05, 0.1) is 5.69 Å². The van der Waals surface area contributed by atoms with Gasteiger partial charge in [-0.05, 0) is 25.5 Å². The van der Waals surface area contributed by atoms with Gasteiger partial charge in [0.1, 0.15) is 11.4 Å². The van der Waals surface area contributed by atoms with E-state index in [1.165, 1.54) is 0 Å². The van der Waals surface area contributed by atoms with E-state index in [4.69, 9.17) is 0 Å². The smallest absolute Gasteiger partial charge is 0.180 e. The molecule has 0 aromatic carbocycles.